The predicted octanol–water partition coefficient (Wildman–Crippen LogP) is 4.66. The number of nitriles is 1. The van der Waals surface area contributed by atoms with Crippen LogP contribution >= 0.6 is 11.3 Å². The number of fused-ring (bicyclic) bond motifs is 2. The van der Waals surface area contributed by atoms with Crippen LogP contribution in [0.3, 0.4) is 0 Å². The van der Waals surface area contributed by atoms with E-state index in [9.17, 15) is 5.11 Å². The number of imidazole rings is 1. The number of aromatic nitrogens is 5. The first-order valence-corrected chi connectivity index (χ1v) is 10.8. The summed E-state index contributed by atoms with van der Waals surface area (Å²) in [5.41, 5.74) is 6.90. The number of nitrogens with zero attached hydrogens (tertiary/aromatic N) is 6. The fraction of sp³-hybridized carbons (Fsp3) is 0.217. The molecule has 0 bridgehead atoms. The van der Waals surface area contributed by atoms with E-state index in [4.69, 9.17) is 5.26 Å². The molecule has 31 heavy (non-hydrogen) atoms. The first-order chi connectivity index (χ1) is 15.0. The quantitative estimate of drug-likeness (QED) is 0.440. The van der Waals surface area contributed by atoms with Crippen molar-refractivity contribution in [1.82, 2.24) is 24.1 Å². The van der Waals surface area contributed by atoms with E-state index in [1.165, 1.54) is 11.3 Å². The van der Waals surface area contributed by atoms with Crippen LogP contribution in [0.15, 0.2) is 48.9 Å². The summed E-state index contributed by atoms with van der Waals surface area (Å²) >= 11 is 1.47. The van der Waals surface area contributed by atoms with Crippen LogP contribution in [-0.4, -0.2) is 29.3 Å². The Morgan fingerprint density at radius 1 is 1.19 bits per heavy atom. The molecule has 0 amide bonds. The lowest BCUT2D eigenvalue weighted by atomic mass is 10.1. The fourth-order valence-corrected chi connectivity index (χ4v) is 4.83. The van der Waals surface area contributed by atoms with Gasteiger partial charge in [0.15, 0.2) is 0 Å². The Hall–Kier alpha value is -3.54. The summed E-state index contributed by atoms with van der Waals surface area (Å²) < 4.78 is 4.91. The van der Waals surface area contributed by atoms with Crippen LogP contribution in [0.5, 0.6) is 0 Å². The topological polar surface area (TPSA) is 92.0 Å². The van der Waals surface area contributed by atoms with Crippen LogP contribution < -0.4 is 0 Å². The highest BCUT2D eigenvalue weighted by Crippen LogP contribution is 2.33. The smallest absolute Gasteiger partial charge is 0.137 e. The van der Waals surface area contributed by atoms with E-state index in [-0.39, 0.29) is 0 Å². The SMILES string of the molecule is Cc1nn(C)cc1-c1ccc2ncc(-c3ccc4nc([C@@H](O)CCC#N)sc4c3)n2c1. The summed E-state index contributed by atoms with van der Waals surface area (Å²) in [5.74, 6) is 0. The van der Waals surface area contributed by atoms with Crippen molar-refractivity contribution in [1.29, 1.82) is 5.26 Å². The van der Waals surface area contributed by atoms with Gasteiger partial charge in [0, 0.05) is 42.6 Å². The Morgan fingerprint density at radius 2 is 2.03 bits per heavy atom. The number of hydrogen-bond acceptors (Lipinski definition) is 6. The zero-order valence-corrected chi connectivity index (χ0v) is 18.0. The van der Waals surface area contributed by atoms with Crippen molar-refractivity contribution in [2.75, 3.05) is 0 Å². The second-order valence-corrected chi connectivity index (χ2v) is 8.60. The minimum Gasteiger partial charge on any atom is -0.386 e. The van der Waals surface area contributed by atoms with Crippen molar-refractivity contribution in [3.8, 4) is 28.5 Å². The minimum atomic E-state index is -0.707. The van der Waals surface area contributed by atoms with Crippen molar-refractivity contribution in [2.45, 2.75) is 25.9 Å². The summed E-state index contributed by atoms with van der Waals surface area (Å²) in [6, 6.07) is 12.2. The maximum Gasteiger partial charge on any atom is 0.137 e. The summed E-state index contributed by atoms with van der Waals surface area (Å²) in [5, 5.41) is 24.1. The van der Waals surface area contributed by atoms with Crippen molar-refractivity contribution < 1.29 is 5.11 Å². The highest BCUT2D eigenvalue weighted by atomic mass is 32.1. The molecule has 5 aromatic rings. The number of hydrogen-bond donors (Lipinski definition) is 1. The molecule has 0 aliphatic heterocycles. The number of pyridine rings is 1. The molecule has 154 valence electrons. The van der Waals surface area contributed by atoms with Crippen LogP contribution in [0.1, 0.15) is 29.6 Å². The molecule has 0 spiro atoms. The number of aryl methyl sites for hydroxylation is 2. The standard InChI is InChI=1S/C23H20N6OS/c1-14-17(13-28(2)27-14)16-6-8-22-25-11-19(29(22)12-16)15-5-7-18-21(10-15)31-23(26-18)20(30)4-3-9-24/h5-8,10-13,20,30H,3-4H2,1-2H3/t20-/m0/s1. The lowest BCUT2D eigenvalue weighted by Crippen LogP contribution is -1.95. The van der Waals surface area contributed by atoms with Crippen LogP contribution in [-0.2, 0) is 7.05 Å². The van der Waals surface area contributed by atoms with Crippen LogP contribution in [0, 0.1) is 18.3 Å². The average molecular weight is 429 g/mol. The first-order valence-electron chi connectivity index (χ1n) is 9.97. The van der Waals surface area contributed by atoms with Gasteiger partial charge in [-0.1, -0.05) is 6.07 Å². The van der Waals surface area contributed by atoms with Gasteiger partial charge >= 0.3 is 0 Å². The lowest BCUT2D eigenvalue weighted by molar-refractivity contribution is 0.169. The Balaban J connectivity index is 1.56. The summed E-state index contributed by atoms with van der Waals surface area (Å²) in [6.07, 6.45) is 5.99. The van der Waals surface area contributed by atoms with E-state index in [2.05, 4.69) is 43.9 Å². The second-order valence-electron chi connectivity index (χ2n) is 7.54. The number of thiazole rings is 1. The molecule has 0 saturated carbocycles. The van der Waals surface area contributed by atoms with Crippen LogP contribution in [0.2, 0.25) is 0 Å². The molecule has 5 rings (SSSR count). The van der Waals surface area contributed by atoms with Crippen LogP contribution in [0.25, 0.3) is 38.2 Å². The van der Waals surface area contributed by atoms with E-state index >= 15 is 0 Å². The number of aliphatic hydroxyl groups is 1. The molecular weight excluding hydrogens is 408 g/mol. The molecule has 1 atom stereocenters. The number of aliphatic hydroxyl groups excluding tert-OH is 1. The molecule has 7 nitrogen and oxygen atoms in total. The minimum absolute atomic E-state index is 0.308. The summed E-state index contributed by atoms with van der Waals surface area (Å²) in [6.45, 7) is 2.01. The predicted molar refractivity (Wildman–Crippen MR) is 121 cm³/mol. The third-order valence-electron chi connectivity index (χ3n) is 5.35. The highest BCUT2D eigenvalue weighted by molar-refractivity contribution is 7.18. The fourth-order valence-electron chi connectivity index (χ4n) is 3.81. The van der Waals surface area contributed by atoms with Crippen LogP contribution in [0.4, 0.5) is 0 Å². The van der Waals surface area contributed by atoms with Gasteiger partial charge < -0.3 is 5.11 Å². The average Bonchev–Trinajstić information content (AvgIpc) is 3.46. The van der Waals surface area contributed by atoms with E-state index in [0.29, 0.717) is 17.8 Å². The zero-order valence-electron chi connectivity index (χ0n) is 17.1. The first kappa shape index (κ1) is 19.4. The van der Waals surface area contributed by atoms with Crippen molar-refractivity contribution in [2.24, 2.45) is 7.05 Å². The largest absolute Gasteiger partial charge is 0.386 e. The molecule has 0 aliphatic rings. The molecule has 1 aromatic carbocycles. The van der Waals surface area contributed by atoms with Gasteiger partial charge in [-0.3, -0.25) is 9.08 Å². The Kier molecular flexibility index (Phi) is 4.77. The lowest BCUT2D eigenvalue weighted by Gasteiger charge is -2.05. The van der Waals surface area contributed by atoms with Crippen molar-refractivity contribution >= 4 is 27.2 Å². The summed E-state index contributed by atoms with van der Waals surface area (Å²) in [4.78, 5) is 9.11. The van der Waals surface area contributed by atoms with Gasteiger partial charge in [-0.05, 0) is 37.6 Å². The normalized spacial score (nSPS) is 12.5. The molecule has 1 N–H and O–H groups in total. The number of benzene rings is 1. The molecule has 0 unspecified atom stereocenters. The van der Waals surface area contributed by atoms with Gasteiger partial charge in [0.25, 0.3) is 0 Å². The van der Waals surface area contributed by atoms with Gasteiger partial charge in [-0.15, -0.1) is 11.3 Å². The van der Waals surface area contributed by atoms with E-state index < -0.39 is 6.10 Å². The van der Waals surface area contributed by atoms with Gasteiger partial charge in [-0.25, -0.2) is 9.97 Å². The van der Waals surface area contributed by atoms with Gasteiger partial charge in [-0.2, -0.15) is 10.4 Å². The molecule has 0 saturated heterocycles. The molecule has 0 aliphatic carbocycles. The Bertz CT molecular complexity index is 1450. The second kappa shape index (κ2) is 7.61. The molecule has 4 heterocycles. The van der Waals surface area contributed by atoms with Crippen molar-refractivity contribution in [3.05, 3.63) is 59.6 Å². The molecule has 8 heteroatoms. The van der Waals surface area contributed by atoms with Gasteiger partial charge in [0.05, 0.1) is 33.9 Å². The molecule has 0 radical (unpaired) electrons. The number of rotatable bonds is 5. The summed E-state index contributed by atoms with van der Waals surface area (Å²) in [7, 11) is 1.92. The van der Waals surface area contributed by atoms with E-state index in [0.717, 1.165) is 43.9 Å². The maximum absolute atomic E-state index is 10.3. The van der Waals surface area contributed by atoms with E-state index in [1.807, 2.05) is 49.2 Å². The van der Waals surface area contributed by atoms with Crippen molar-refractivity contribution in [3.63, 3.8) is 0 Å². The zero-order chi connectivity index (χ0) is 21.5. The molecule has 4 aromatic heterocycles. The monoisotopic (exact) mass is 428 g/mol. The molecular formula is C23H20N6OS. The third-order valence-corrected chi connectivity index (χ3v) is 6.46. The maximum atomic E-state index is 10.3. The highest BCUT2D eigenvalue weighted by Gasteiger charge is 2.15. The van der Waals surface area contributed by atoms with Gasteiger partial charge in [0.1, 0.15) is 16.8 Å². The Labute approximate surface area is 182 Å². The molecule has 0 fully saturated rings. The van der Waals surface area contributed by atoms with Gasteiger partial charge in [0.2, 0.25) is 0 Å². The third kappa shape index (κ3) is 3.48. The van der Waals surface area contributed by atoms with E-state index in [1.54, 1.807) is 0 Å². The Morgan fingerprint density at radius 3 is 2.81 bits per heavy atom.